The van der Waals surface area contributed by atoms with Crippen LogP contribution < -0.4 is 10.2 Å². The number of amides is 1. The van der Waals surface area contributed by atoms with Gasteiger partial charge in [0.1, 0.15) is 19.3 Å². The van der Waals surface area contributed by atoms with E-state index in [-0.39, 0.29) is 24.9 Å². The van der Waals surface area contributed by atoms with Crippen molar-refractivity contribution in [1.82, 2.24) is 5.32 Å². The van der Waals surface area contributed by atoms with Crippen LogP contribution in [0.3, 0.4) is 0 Å². The fraction of sp³-hybridized carbons (Fsp3) is 0.671. The first kappa shape index (κ1) is 84.9. The number of likely N-dealkylation sites (N-methyl/N-ethyl adjacent to an activating group) is 1. The molecule has 0 aromatic rings. The molecular formula is C79H135N2O7P. The van der Waals surface area contributed by atoms with Crippen LogP contribution in [0.5, 0.6) is 0 Å². The Kier molecular flexibility index (Phi) is 63.7. The predicted octanol–water partition coefficient (Wildman–Crippen LogP) is 22.7. The van der Waals surface area contributed by atoms with E-state index in [1.54, 1.807) is 0 Å². The van der Waals surface area contributed by atoms with Gasteiger partial charge in [0.15, 0.2) is 0 Å². The number of quaternary nitrogens is 1. The van der Waals surface area contributed by atoms with Crippen LogP contribution in [-0.4, -0.2) is 69.4 Å². The Hall–Kier alpha value is -4.11. The van der Waals surface area contributed by atoms with Crippen molar-refractivity contribution in [3.8, 4) is 0 Å². The molecule has 0 aliphatic rings. The van der Waals surface area contributed by atoms with Gasteiger partial charge in [-0.2, -0.15) is 0 Å². The molecule has 0 aromatic carbocycles. The maximum absolute atomic E-state index is 13.6. The number of rotatable bonds is 64. The molecule has 508 valence electrons. The number of nitrogens with zero attached hydrogens (tertiary/aromatic N) is 1. The summed E-state index contributed by atoms with van der Waals surface area (Å²) in [6.07, 6.45) is 96.8. The number of carbonyl (C=O) groups excluding carboxylic acids is 2. The van der Waals surface area contributed by atoms with Crippen LogP contribution in [0.25, 0.3) is 0 Å². The summed E-state index contributed by atoms with van der Waals surface area (Å²) < 4.78 is 30.5. The molecule has 0 aliphatic carbocycles. The van der Waals surface area contributed by atoms with Crippen molar-refractivity contribution in [3.63, 3.8) is 0 Å². The lowest BCUT2D eigenvalue weighted by Crippen LogP contribution is -2.47. The third kappa shape index (κ3) is 68.1. The van der Waals surface area contributed by atoms with E-state index < -0.39 is 26.6 Å². The molecule has 0 rings (SSSR count). The molecular weight excluding hydrogens is 1120 g/mol. The molecule has 0 spiro atoms. The second kappa shape index (κ2) is 66.8. The molecule has 0 saturated carbocycles. The van der Waals surface area contributed by atoms with Crippen molar-refractivity contribution in [1.29, 1.82) is 0 Å². The van der Waals surface area contributed by atoms with Crippen molar-refractivity contribution in [3.05, 3.63) is 146 Å². The minimum absolute atomic E-state index is 0.0348. The van der Waals surface area contributed by atoms with Crippen LogP contribution in [0.2, 0.25) is 0 Å². The molecule has 0 fully saturated rings. The standard InChI is InChI=1S/C79H135N2O7P/c1-7-10-13-16-19-22-25-28-30-32-34-36-38-39-40-41-43-44-46-48-50-53-56-59-62-65-68-71-78(82)80-76(75-87-89(84,85)86-74-73-81(4,5)6)77(70-67-64-61-58-55-52-27-24-21-18-15-12-9-3)88-79(83)72-69-66-63-60-57-54-51-49-47-45-42-37-35-33-31-29-26-23-20-17-14-11-8-2/h10-11,13-14,19-20,22-23,28-31,34-37,39-40,45,47,51,54,67,70,76-77H,7-9,12,15-18,21,24-27,32-33,38,41-44,46,48-50,52-53,55-66,68-69,71-75H2,1-6H3,(H-,80,82,84,85)/b13-10-,14-11-,22-19-,23-20-,30-28-,31-29-,36-34-,37-35-,40-39-,47-45-,54-51-,70-67-. The number of phosphoric ester groups is 1. The van der Waals surface area contributed by atoms with Gasteiger partial charge in [0.05, 0.1) is 33.8 Å². The molecule has 0 aliphatic heterocycles. The Bertz CT molecular complexity index is 2030. The summed E-state index contributed by atoms with van der Waals surface area (Å²) in [5.41, 5.74) is 0. The van der Waals surface area contributed by atoms with Gasteiger partial charge in [-0.05, 0) is 128 Å². The van der Waals surface area contributed by atoms with Gasteiger partial charge in [-0.1, -0.05) is 295 Å². The molecule has 0 aromatic heterocycles. The van der Waals surface area contributed by atoms with Crippen molar-refractivity contribution in [2.24, 2.45) is 0 Å². The van der Waals surface area contributed by atoms with E-state index in [0.29, 0.717) is 23.9 Å². The summed E-state index contributed by atoms with van der Waals surface area (Å²) >= 11 is 0. The number of esters is 1. The molecule has 0 saturated heterocycles. The fourth-order valence-electron chi connectivity index (χ4n) is 9.79. The van der Waals surface area contributed by atoms with Gasteiger partial charge in [-0.3, -0.25) is 14.2 Å². The molecule has 1 N–H and O–H groups in total. The minimum atomic E-state index is -4.72. The average Bonchev–Trinajstić information content (AvgIpc) is 3.57. The highest BCUT2D eigenvalue weighted by Gasteiger charge is 2.27. The quantitative estimate of drug-likeness (QED) is 0.0212. The minimum Gasteiger partial charge on any atom is -0.756 e. The summed E-state index contributed by atoms with van der Waals surface area (Å²) in [6.45, 7) is 6.60. The zero-order valence-corrected chi connectivity index (χ0v) is 59.0. The third-order valence-electron chi connectivity index (χ3n) is 15.3. The summed E-state index contributed by atoms with van der Waals surface area (Å²) in [5, 5.41) is 3.04. The van der Waals surface area contributed by atoms with Gasteiger partial charge < -0.3 is 28.5 Å². The number of unbranched alkanes of at least 4 members (excludes halogenated alkanes) is 26. The monoisotopic (exact) mass is 1260 g/mol. The zero-order chi connectivity index (χ0) is 64.9. The number of carbonyl (C=O) groups is 2. The third-order valence-corrected chi connectivity index (χ3v) is 16.2. The molecule has 0 radical (unpaired) electrons. The number of allylic oxidation sites excluding steroid dienone is 23. The number of nitrogens with one attached hydrogen (secondary N) is 1. The van der Waals surface area contributed by atoms with Gasteiger partial charge in [-0.25, -0.2) is 0 Å². The maximum atomic E-state index is 13.6. The van der Waals surface area contributed by atoms with Gasteiger partial charge in [0.25, 0.3) is 7.82 Å². The van der Waals surface area contributed by atoms with Gasteiger partial charge >= 0.3 is 5.97 Å². The Morgan fingerprint density at radius 3 is 1.08 bits per heavy atom. The second-order valence-electron chi connectivity index (χ2n) is 25.0. The molecule has 0 bridgehead atoms. The fourth-order valence-corrected chi connectivity index (χ4v) is 10.5. The predicted molar refractivity (Wildman–Crippen MR) is 385 cm³/mol. The Morgan fingerprint density at radius 2 is 0.719 bits per heavy atom. The maximum Gasteiger partial charge on any atom is 0.306 e. The summed E-state index contributed by atoms with van der Waals surface area (Å²) in [7, 11) is 1.15. The topological polar surface area (TPSA) is 114 Å². The molecule has 0 heterocycles. The Morgan fingerprint density at radius 1 is 0.404 bits per heavy atom. The molecule has 1 amide bonds. The Balaban J connectivity index is 5.16. The van der Waals surface area contributed by atoms with E-state index in [4.69, 9.17) is 13.8 Å². The van der Waals surface area contributed by atoms with Crippen molar-refractivity contribution < 1.29 is 37.3 Å². The Labute approximate surface area is 548 Å². The van der Waals surface area contributed by atoms with Crippen LogP contribution in [0.4, 0.5) is 0 Å². The molecule has 9 nitrogen and oxygen atoms in total. The highest BCUT2D eigenvalue weighted by Crippen LogP contribution is 2.38. The molecule has 3 atom stereocenters. The van der Waals surface area contributed by atoms with E-state index in [1.807, 2.05) is 33.3 Å². The summed E-state index contributed by atoms with van der Waals surface area (Å²) in [6, 6.07) is -0.913. The van der Waals surface area contributed by atoms with E-state index in [9.17, 15) is 19.0 Å². The van der Waals surface area contributed by atoms with Gasteiger partial charge in [0.2, 0.25) is 5.91 Å². The van der Waals surface area contributed by atoms with Crippen molar-refractivity contribution >= 4 is 19.7 Å². The van der Waals surface area contributed by atoms with E-state index in [1.165, 1.54) is 103 Å². The van der Waals surface area contributed by atoms with Crippen LogP contribution in [0.15, 0.2) is 146 Å². The van der Waals surface area contributed by atoms with Gasteiger partial charge in [-0.15, -0.1) is 0 Å². The van der Waals surface area contributed by atoms with Crippen LogP contribution in [0, 0.1) is 0 Å². The number of phosphoric acid groups is 1. The lowest BCUT2D eigenvalue weighted by Gasteiger charge is -2.30. The smallest absolute Gasteiger partial charge is 0.306 e. The van der Waals surface area contributed by atoms with Crippen LogP contribution >= 0.6 is 7.82 Å². The normalized spacial score (nSPS) is 14.4. The molecule has 89 heavy (non-hydrogen) atoms. The second-order valence-corrected chi connectivity index (χ2v) is 26.4. The highest BCUT2D eigenvalue weighted by molar-refractivity contribution is 7.45. The highest BCUT2D eigenvalue weighted by atomic mass is 31.2. The number of hydrogen-bond donors (Lipinski definition) is 1. The number of hydrogen-bond acceptors (Lipinski definition) is 7. The average molecular weight is 1260 g/mol. The largest absolute Gasteiger partial charge is 0.756 e. The first-order valence-corrected chi connectivity index (χ1v) is 37.6. The lowest BCUT2D eigenvalue weighted by atomic mass is 10.0. The summed E-state index contributed by atoms with van der Waals surface area (Å²) in [5.74, 6) is -0.578. The first-order valence-electron chi connectivity index (χ1n) is 36.1. The van der Waals surface area contributed by atoms with Crippen LogP contribution in [0.1, 0.15) is 290 Å². The summed E-state index contributed by atoms with van der Waals surface area (Å²) in [4.78, 5) is 40.3. The van der Waals surface area contributed by atoms with Crippen molar-refractivity contribution in [2.45, 2.75) is 303 Å². The lowest BCUT2D eigenvalue weighted by molar-refractivity contribution is -0.870. The molecule has 3 unspecified atom stereocenters. The zero-order valence-electron chi connectivity index (χ0n) is 58.1. The first-order chi connectivity index (χ1) is 43.4. The van der Waals surface area contributed by atoms with Crippen molar-refractivity contribution in [2.75, 3.05) is 40.9 Å². The SMILES string of the molecule is CC/C=C\C/C=C\C/C=C\C/C=C\C/C=C\C/C=C\CCCCCCC(=O)OC(/C=C\CCCCCCCCCCCCC)C(COP(=O)([O-])OCC[N+](C)(C)C)NC(=O)CCCCCCCCCCCCC/C=C\C/C=C\C/C=C\C/C=C\C/C=C\CC. The van der Waals surface area contributed by atoms with E-state index >= 15 is 0 Å². The number of ether oxygens (including phenoxy) is 1. The van der Waals surface area contributed by atoms with E-state index in [2.05, 4.69) is 160 Å². The van der Waals surface area contributed by atoms with Gasteiger partial charge in [0, 0.05) is 12.8 Å². The van der Waals surface area contributed by atoms with E-state index in [0.717, 1.165) is 148 Å². The molecule has 10 heteroatoms. The van der Waals surface area contributed by atoms with Crippen LogP contribution in [-0.2, 0) is 27.9 Å².